The average molecular weight is 450 g/mol. The van der Waals surface area contributed by atoms with Crippen LogP contribution in [0, 0.1) is 0 Å². The van der Waals surface area contributed by atoms with E-state index in [-0.39, 0.29) is 24.0 Å². The summed E-state index contributed by atoms with van der Waals surface area (Å²) in [4.78, 5) is 29.4. The quantitative estimate of drug-likeness (QED) is 0.659. The first-order valence-electron chi connectivity index (χ1n) is 12.1. The second-order valence-corrected chi connectivity index (χ2v) is 9.34. The van der Waals surface area contributed by atoms with Gasteiger partial charge < -0.3 is 15.0 Å². The molecule has 33 heavy (non-hydrogen) atoms. The number of carbonyl (C=O) groups excluding carboxylic acids is 2. The number of nitrogens with one attached hydrogen (secondary N) is 1. The summed E-state index contributed by atoms with van der Waals surface area (Å²) in [5, 5.41) is 2.95. The third kappa shape index (κ3) is 6.42. The Labute approximate surface area is 196 Å². The van der Waals surface area contributed by atoms with Crippen LogP contribution in [-0.4, -0.2) is 60.0 Å². The second kappa shape index (κ2) is 10.9. The van der Waals surface area contributed by atoms with E-state index in [4.69, 9.17) is 4.74 Å². The number of amides is 2. The molecule has 1 saturated heterocycles. The van der Waals surface area contributed by atoms with Gasteiger partial charge in [-0.1, -0.05) is 36.4 Å². The highest BCUT2D eigenvalue weighted by Crippen LogP contribution is 2.19. The molecule has 6 nitrogen and oxygen atoms in total. The molecule has 2 atom stereocenters. The molecule has 1 fully saturated rings. The topological polar surface area (TPSA) is 61.9 Å². The van der Waals surface area contributed by atoms with Crippen LogP contribution in [-0.2, 0) is 29.0 Å². The Morgan fingerprint density at radius 2 is 1.70 bits per heavy atom. The van der Waals surface area contributed by atoms with E-state index in [0.717, 1.165) is 32.6 Å². The fourth-order valence-electron chi connectivity index (χ4n) is 4.84. The summed E-state index contributed by atoms with van der Waals surface area (Å²) in [6, 6.07) is 16.1. The summed E-state index contributed by atoms with van der Waals surface area (Å²) >= 11 is 0. The zero-order valence-corrected chi connectivity index (χ0v) is 19.8. The predicted octanol–water partition coefficient (Wildman–Crippen LogP) is 3.39. The molecule has 6 heteroatoms. The highest BCUT2D eigenvalue weighted by atomic mass is 16.5. The van der Waals surface area contributed by atoms with E-state index < -0.39 is 0 Å². The molecule has 176 valence electrons. The molecule has 2 heterocycles. The van der Waals surface area contributed by atoms with Gasteiger partial charge in [0.05, 0.1) is 12.2 Å². The maximum atomic E-state index is 12.6. The van der Waals surface area contributed by atoms with Crippen LogP contribution in [0.4, 0.5) is 0 Å². The smallest absolute Gasteiger partial charge is 0.251 e. The molecule has 2 aromatic carbocycles. The van der Waals surface area contributed by atoms with Crippen molar-refractivity contribution in [2.75, 3.05) is 26.2 Å². The minimum Gasteiger partial charge on any atom is -0.373 e. The minimum absolute atomic E-state index is 0.0884. The van der Waals surface area contributed by atoms with E-state index in [1.54, 1.807) is 0 Å². The van der Waals surface area contributed by atoms with E-state index >= 15 is 0 Å². The van der Waals surface area contributed by atoms with Gasteiger partial charge in [0.2, 0.25) is 5.91 Å². The van der Waals surface area contributed by atoms with Gasteiger partial charge in [0.25, 0.3) is 5.91 Å². The molecule has 4 rings (SSSR count). The van der Waals surface area contributed by atoms with Crippen LogP contribution in [0.2, 0.25) is 0 Å². The number of carbonyl (C=O) groups is 2. The largest absolute Gasteiger partial charge is 0.373 e. The number of morpholine rings is 1. The SMILES string of the molecule is CC1CN(Cc2ccc(C(=O)NCCCC(=O)N3CCc4ccccc4C3)cc2)CC(C)O1. The molecular formula is C27H35N3O3. The van der Waals surface area contributed by atoms with Crippen molar-refractivity contribution in [3.05, 3.63) is 70.8 Å². The Balaban J connectivity index is 1.17. The molecule has 0 saturated carbocycles. The van der Waals surface area contributed by atoms with Crippen molar-refractivity contribution in [3.8, 4) is 0 Å². The van der Waals surface area contributed by atoms with Crippen LogP contribution in [0.3, 0.4) is 0 Å². The van der Waals surface area contributed by atoms with Crippen LogP contribution in [0.5, 0.6) is 0 Å². The summed E-state index contributed by atoms with van der Waals surface area (Å²) in [5.41, 5.74) is 4.43. The molecule has 1 N–H and O–H groups in total. The maximum Gasteiger partial charge on any atom is 0.251 e. The van der Waals surface area contributed by atoms with Gasteiger partial charge >= 0.3 is 0 Å². The molecule has 0 aromatic heterocycles. The van der Waals surface area contributed by atoms with E-state index in [1.165, 1.54) is 16.7 Å². The molecule has 0 bridgehead atoms. The second-order valence-electron chi connectivity index (χ2n) is 9.34. The van der Waals surface area contributed by atoms with Crippen molar-refractivity contribution >= 4 is 11.8 Å². The zero-order chi connectivity index (χ0) is 23.2. The van der Waals surface area contributed by atoms with Crippen molar-refractivity contribution in [2.45, 2.75) is 58.4 Å². The Morgan fingerprint density at radius 3 is 2.42 bits per heavy atom. The number of ether oxygens (including phenoxy) is 1. The number of hydrogen-bond acceptors (Lipinski definition) is 4. The van der Waals surface area contributed by atoms with E-state index in [9.17, 15) is 9.59 Å². The lowest BCUT2D eigenvalue weighted by Crippen LogP contribution is -2.44. The van der Waals surface area contributed by atoms with E-state index in [0.29, 0.717) is 31.5 Å². The lowest BCUT2D eigenvalue weighted by molar-refractivity contribution is -0.132. The molecule has 0 aliphatic carbocycles. The van der Waals surface area contributed by atoms with Gasteiger partial charge in [0.15, 0.2) is 0 Å². The fourth-order valence-corrected chi connectivity index (χ4v) is 4.84. The van der Waals surface area contributed by atoms with Crippen LogP contribution < -0.4 is 5.32 Å². The van der Waals surface area contributed by atoms with Crippen molar-refractivity contribution in [2.24, 2.45) is 0 Å². The Kier molecular flexibility index (Phi) is 7.78. The summed E-state index contributed by atoms with van der Waals surface area (Å²) in [6.45, 7) is 8.89. The van der Waals surface area contributed by atoms with Crippen molar-refractivity contribution in [1.29, 1.82) is 0 Å². The van der Waals surface area contributed by atoms with Gasteiger partial charge in [-0.15, -0.1) is 0 Å². The predicted molar refractivity (Wildman–Crippen MR) is 129 cm³/mol. The number of nitrogens with zero attached hydrogens (tertiary/aromatic N) is 2. The first-order chi connectivity index (χ1) is 16.0. The molecule has 0 spiro atoms. The number of hydrogen-bond donors (Lipinski definition) is 1. The van der Waals surface area contributed by atoms with Crippen molar-refractivity contribution in [1.82, 2.24) is 15.1 Å². The molecule has 0 radical (unpaired) electrons. The van der Waals surface area contributed by atoms with Crippen LogP contribution in [0.25, 0.3) is 0 Å². The lowest BCUT2D eigenvalue weighted by atomic mass is 9.99. The molecule has 2 aliphatic heterocycles. The Hall–Kier alpha value is -2.70. The van der Waals surface area contributed by atoms with Crippen molar-refractivity contribution in [3.63, 3.8) is 0 Å². The van der Waals surface area contributed by atoms with Gasteiger partial charge in [-0.2, -0.15) is 0 Å². The van der Waals surface area contributed by atoms with E-state index in [2.05, 4.69) is 42.3 Å². The number of rotatable bonds is 7. The molecular weight excluding hydrogens is 414 g/mol. The first-order valence-corrected chi connectivity index (χ1v) is 12.1. The number of fused-ring (bicyclic) bond motifs is 1. The highest BCUT2D eigenvalue weighted by molar-refractivity contribution is 5.94. The van der Waals surface area contributed by atoms with Crippen LogP contribution >= 0.6 is 0 Å². The normalized spacial score (nSPS) is 20.8. The maximum absolute atomic E-state index is 12.6. The first kappa shape index (κ1) is 23.5. The summed E-state index contributed by atoms with van der Waals surface area (Å²) in [6.07, 6.45) is 2.51. The standard InChI is InChI=1S/C27H35N3O3/c1-20-16-29(17-21(2)33-20)18-22-9-11-24(12-10-22)27(32)28-14-5-8-26(31)30-15-13-23-6-3-4-7-25(23)19-30/h3-4,6-7,9-12,20-21H,5,8,13-19H2,1-2H3,(H,28,32). The van der Waals surface area contributed by atoms with Gasteiger partial charge in [-0.3, -0.25) is 14.5 Å². The van der Waals surface area contributed by atoms with Crippen molar-refractivity contribution < 1.29 is 14.3 Å². The average Bonchev–Trinajstić information content (AvgIpc) is 2.81. The minimum atomic E-state index is -0.0884. The molecule has 2 unspecified atom stereocenters. The summed E-state index contributed by atoms with van der Waals surface area (Å²) in [7, 11) is 0. The summed E-state index contributed by atoms with van der Waals surface area (Å²) in [5.74, 6) is 0.0735. The Bertz CT molecular complexity index is 949. The van der Waals surface area contributed by atoms with Crippen LogP contribution in [0.1, 0.15) is 53.7 Å². The van der Waals surface area contributed by atoms with Gasteiger partial charge in [-0.05, 0) is 55.5 Å². The fraction of sp³-hybridized carbons (Fsp3) is 0.481. The van der Waals surface area contributed by atoms with Gasteiger partial charge in [0, 0.05) is 51.3 Å². The number of benzene rings is 2. The van der Waals surface area contributed by atoms with E-state index in [1.807, 2.05) is 35.2 Å². The third-order valence-corrected chi connectivity index (χ3v) is 6.45. The molecule has 2 amide bonds. The highest BCUT2D eigenvalue weighted by Gasteiger charge is 2.22. The monoisotopic (exact) mass is 449 g/mol. The van der Waals surface area contributed by atoms with Gasteiger partial charge in [0.1, 0.15) is 0 Å². The lowest BCUT2D eigenvalue weighted by Gasteiger charge is -2.35. The molecule has 2 aliphatic rings. The van der Waals surface area contributed by atoms with Crippen LogP contribution in [0.15, 0.2) is 48.5 Å². The zero-order valence-electron chi connectivity index (χ0n) is 19.8. The molecule has 2 aromatic rings. The third-order valence-electron chi connectivity index (χ3n) is 6.45. The Morgan fingerprint density at radius 1 is 1.00 bits per heavy atom. The van der Waals surface area contributed by atoms with Gasteiger partial charge in [-0.25, -0.2) is 0 Å². The summed E-state index contributed by atoms with van der Waals surface area (Å²) < 4.78 is 5.80.